The van der Waals surface area contributed by atoms with Crippen LogP contribution in [0.2, 0.25) is 0 Å². The van der Waals surface area contributed by atoms with Crippen molar-refractivity contribution in [3.8, 4) is 0 Å². The Hall–Kier alpha value is -0.0800. The molecule has 1 aliphatic carbocycles. The van der Waals surface area contributed by atoms with Gasteiger partial charge in [-0.2, -0.15) is 0 Å². The summed E-state index contributed by atoms with van der Waals surface area (Å²) in [6.07, 6.45) is 7.25. The molecule has 2 aliphatic heterocycles. The molecule has 0 radical (unpaired) electrons. The molecule has 2 heteroatoms. The number of nitrogens with one attached hydrogen (secondary N) is 2. The zero-order chi connectivity index (χ0) is 8.67. The fraction of sp³-hybridized carbons (Fsp3) is 1.00. The minimum Gasteiger partial charge on any atom is -0.316 e. The number of rotatable bonds is 4. The third-order valence-corrected chi connectivity index (χ3v) is 3.97. The van der Waals surface area contributed by atoms with Crippen LogP contribution in [-0.4, -0.2) is 25.2 Å². The van der Waals surface area contributed by atoms with Crippen molar-refractivity contribution in [1.29, 1.82) is 0 Å². The van der Waals surface area contributed by atoms with Gasteiger partial charge in [0.1, 0.15) is 0 Å². The Labute approximate surface area is 80.5 Å². The molecule has 13 heavy (non-hydrogen) atoms. The van der Waals surface area contributed by atoms with E-state index in [1.165, 1.54) is 45.2 Å². The van der Waals surface area contributed by atoms with Crippen molar-refractivity contribution in [2.24, 2.45) is 11.8 Å². The first-order valence-electron chi connectivity index (χ1n) is 5.88. The lowest BCUT2D eigenvalue weighted by Crippen LogP contribution is -2.32. The van der Waals surface area contributed by atoms with E-state index in [1.54, 1.807) is 0 Å². The lowest BCUT2D eigenvalue weighted by Gasteiger charge is -2.20. The molecule has 3 rings (SSSR count). The highest BCUT2D eigenvalue weighted by atomic mass is 15.0. The molecule has 1 saturated carbocycles. The number of fused-ring (bicyclic) bond motifs is 2. The van der Waals surface area contributed by atoms with Crippen molar-refractivity contribution in [1.82, 2.24) is 10.6 Å². The van der Waals surface area contributed by atoms with Gasteiger partial charge in [-0.25, -0.2) is 0 Å². The highest BCUT2D eigenvalue weighted by Crippen LogP contribution is 2.33. The Kier molecular flexibility index (Phi) is 2.06. The van der Waals surface area contributed by atoms with Gasteiger partial charge < -0.3 is 10.6 Å². The molecule has 2 saturated heterocycles. The van der Waals surface area contributed by atoms with E-state index in [1.807, 2.05) is 0 Å². The third kappa shape index (κ3) is 1.75. The fourth-order valence-electron chi connectivity index (χ4n) is 2.96. The van der Waals surface area contributed by atoms with Crippen molar-refractivity contribution in [3.05, 3.63) is 0 Å². The normalized spacial score (nSPS) is 42.9. The van der Waals surface area contributed by atoms with E-state index >= 15 is 0 Å². The predicted molar refractivity (Wildman–Crippen MR) is 53.6 cm³/mol. The maximum absolute atomic E-state index is 3.69. The van der Waals surface area contributed by atoms with Crippen LogP contribution in [0.3, 0.4) is 0 Å². The molecule has 74 valence electrons. The Balaban J connectivity index is 1.40. The fourth-order valence-corrected chi connectivity index (χ4v) is 2.96. The Morgan fingerprint density at radius 2 is 2.00 bits per heavy atom. The summed E-state index contributed by atoms with van der Waals surface area (Å²) < 4.78 is 0. The van der Waals surface area contributed by atoms with Gasteiger partial charge in [0, 0.05) is 12.1 Å². The van der Waals surface area contributed by atoms with Crippen LogP contribution in [-0.2, 0) is 0 Å². The second kappa shape index (κ2) is 3.25. The third-order valence-electron chi connectivity index (χ3n) is 3.97. The molecular formula is C11H20N2. The van der Waals surface area contributed by atoms with Gasteiger partial charge in [-0.1, -0.05) is 0 Å². The van der Waals surface area contributed by atoms with E-state index in [-0.39, 0.29) is 0 Å². The van der Waals surface area contributed by atoms with E-state index in [2.05, 4.69) is 10.6 Å². The molecule has 3 fully saturated rings. The van der Waals surface area contributed by atoms with Crippen molar-refractivity contribution < 1.29 is 0 Å². The SMILES string of the molecule is C1CC1CNCC1CC2CCC1N2. The molecule has 3 unspecified atom stereocenters. The van der Waals surface area contributed by atoms with Crippen molar-refractivity contribution in [2.45, 2.75) is 44.2 Å². The monoisotopic (exact) mass is 180 g/mol. The molecule has 3 atom stereocenters. The maximum Gasteiger partial charge on any atom is 0.0111 e. The summed E-state index contributed by atoms with van der Waals surface area (Å²) in [6, 6.07) is 1.73. The van der Waals surface area contributed by atoms with Gasteiger partial charge in [0.15, 0.2) is 0 Å². The van der Waals surface area contributed by atoms with E-state index in [0.29, 0.717) is 0 Å². The van der Waals surface area contributed by atoms with Gasteiger partial charge in [0.2, 0.25) is 0 Å². The first-order chi connectivity index (χ1) is 6.42. The molecule has 2 heterocycles. The molecular weight excluding hydrogens is 160 g/mol. The standard InChI is InChI=1S/C11H20N2/c1-2-8(1)6-12-7-9-5-10-3-4-11(9)13-10/h8-13H,1-7H2. The summed E-state index contributed by atoms with van der Waals surface area (Å²) >= 11 is 0. The average molecular weight is 180 g/mol. The molecule has 2 nitrogen and oxygen atoms in total. The molecule has 0 aromatic rings. The largest absolute Gasteiger partial charge is 0.316 e. The minimum atomic E-state index is 0.858. The van der Waals surface area contributed by atoms with Gasteiger partial charge in [0.05, 0.1) is 0 Å². The minimum absolute atomic E-state index is 0.858. The lowest BCUT2D eigenvalue weighted by atomic mass is 9.89. The second-order valence-corrected chi connectivity index (χ2v) is 5.14. The van der Waals surface area contributed by atoms with Crippen LogP contribution in [0.25, 0.3) is 0 Å². The molecule has 0 aromatic carbocycles. The van der Waals surface area contributed by atoms with Crippen LogP contribution in [0, 0.1) is 11.8 Å². The van der Waals surface area contributed by atoms with Crippen LogP contribution in [0.4, 0.5) is 0 Å². The highest BCUT2D eigenvalue weighted by molar-refractivity contribution is 4.98. The van der Waals surface area contributed by atoms with Gasteiger partial charge in [-0.15, -0.1) is 0 Å². The molecule has 0 spiro atoms. The Bertz CT molecular complexity index is 189. The Morgan fingerprint density at radius 1 is 1.08 bits per heavy atom. The number of hydrogen-bond acceptors (Lipinski definition) is 2. The topological polar surface area (TPSA) is 24.1 Å². The number of hydrogen-bond donors (Lipinski definition) is 2. The van der Waals surface area contributed by atoms with Crippen molar-refractivity contribution in [2.75, 3.05) is 13.1 Å². The van der Waals surface area contributed by atoms with Crippen LogP contribution in [0.15, 0.2) is 0 Å². The summed E-state index contributed by atoms with van der Waals surface area (Å²) in [4.78, 5) is 0. The molecule has 3 aliphatic rings. The van der Waals surface area contributed by atoms with Gasteiger partial charge in [-0.3, -0.25) is 0 Å². The first kappa shape index (κ1) is 8.25. The maximum atomic E-state index is 3.69. The van der Waals surface area contributed by atoms with Gasteiger partial charge in [0.25, 0.3) is 0 Å². The van der Waals surface area contributed by atoms with Crippen molar-refractivity contribution in [3.63, 3.8) is 0 Å². The second-order valence-electron chi connectivity index (χ2n) is 5.14. The average Bonchev–Trinajstić information content (AvgIpc) is 2.74. The van der Waals surface area contributed by atoms with E-state index in [0.717, 1.165) is 23.9 Å². The molecule has 2 bridgehead atoms. The molecule has 0 amide bonds. The summed E-state index contributed by atoms with van der Waals surface area (Å²) in [5.74, 6) is 1.98. The molecule has 0 aromatic heterocycles. The zero-order valence-electron chi connectivity index (χ0n) is 8.26. The van der Waals surface area contributed by atoms with Crippen LogP contribution in [0.1, 0.15) is 32.1 Å². The molecule has 2 N–H and O–H groups in total. The van der Waals surface area contributed by atoms with Gasteiger partial charge in [-0.05, 0) is 57.0 Å². The summed E-state index contributed by atoms with van der Waals surface area (Å²) in [5, 5.41) is 7.33. The van der Waals surface area contributed by atoms with Crippen molar-refractivity contribution >= 4 is 0 Å². The smallest absolute Gasteiger partial charge is 0.0111 e. The Morgan fingerprint density at radius 3 is 2.62 bits per heavy atom. The quantitative estimate of drug-likeness (QED) is 0.677. The van der Waals surface area contributed by atoms with Crippen LogP contribution in [0.5, 0.6) is 0 Å². The van der Waals surface area contributed by atoms with E-state index in [4.69, 9.17) is 0 Å². The summed E-state index contributed by atoms with van der Waals surface area (Å²) in [7, 11) is 0. The lowest BCUT2D eigenvalue weighted by molar-refractivity contribution is 0.381. The first-order valence-corrected chi connectivity index (χ1v) is 5.88. The van der Waals surface area contributed by atoms with Gasteiger partial charge >= 0.3 is 0 Å². The highest BCUT2D eigenvalue weighted by Gasteiger charge is 2.38. The van der Waals surface area contributed by atoms with Crippen LogP contribution < -0.4 is 10.6 Å². The van der Waals surface area contributed by atoms with E-state index < -0.39 is 0 Å². The summed E-state index contributed by atoms with van der Waals surface area (Å²) in [6.45, 7) is 2.55. The predicted octanol–water partition coefficient (Wildman–Crippen LogP) is 1.13. The zero-order valence-corrected chi connectivity index (χ0v) is 8.26. The summed E-state index contributed by atoms with van der Waals surface area (Å²) in [5.41, 5.74) is 0. The van der Waals surface area contributed by atoms with Crippen LogP contribution >= 0.6 is 0 Å². The van der Waals surface area contributed by atoms with E-state index in [9.17, 15) is 0 Å².